The number of hydrogen-bond acceptors (Lipinski definition) is 1. The molecule has 0 radical (unpaired) electrons. The molecule has 0 N–H and O–H groups in total. The van der Waals surface area contributed by atoms with E-state index in [0.29, 0.717) is 6.04 Å². The van der Waals surface area contributed by atoms with Crippen molar-refractivity contribution in [3.8, 4) is 0 Å². The molecule has 1 aliphatic heterocycles. The third-order valence-electron chi connectivity index (χ3n) is 4.13. The highest BCUT2D eigenvalue weighted by Crippen LogP contribution is 2.21. The van der Waals surface area contributed by atoms with Gasteiger partial charge in [0, 0.05) is 17.9 Å². The standard InChI is InChI=1S/C16H24BrN/c1-13-7-8-15(10-14(13)2)12-18-9-5-3-4-6-16(18)11-17/h7-8,10,16H,3-6,9,11-12H2,1-2H3. The molecule has 1 unspecified atom stereocenters. The van der Waals surface area contributed by atoms with Gasteiger partial charge in [-0.3, -0.25) is 4.90 Å². The lowest BCUT2D eigenvalue weighted by Gasteiger charge is -2.28. The maximum absolute atomic E-state index is 3.68. The fraction of sp³-hybridized carbons (Fsp3) is 0.625. The number of rotatable bonds is 3. The van der Waals surface area contributed by atoms with Gasteiger partial charge in [0.25, 0.3) is 0 Å². The monoisotopic (exact) mass is 309 g/mol. The number of nitrogens with zero attached hydrogens (tertiary/aromatic N) is 1. The van der Waals surface area contributed by atoms with Crippen molar-refractivity contribution in [2.75, 3.05) is 11.9 Å². The van der Waals surface area contributed by atoms with E-state index in [0.717, 1.165) is 11.9 Å². The Morgan fingerprint density at radius 3 is 2.72 bits per heavy atom. The second-order valence-electron chi connectivity index (χ2n) is 5.55. The molecule has 1 aromatic carbocycles. The summed E-state index contributed by atoms with van der Waals surface area (Å²) in [5, 5.41) is 1.11. The Kier molecular flexibility index (Phi) is 5.25. The number of hydrogen-bond donors (Lipinski definition) is 0. The first-order valence-corrected chi connectivity index (χ1v) is 8.19. The van der Waals surface area contributed by atoms with Gasteiger partial charge in [0.2, 0.25) is 0 Å². The van der Waals surface area contributed by atoms with Crippen LogP contribution in [-0.2, 0) is 6.54 Å². The molecule has 0 saturated carbocycles. The number of likely N-dealkylation sites (tertiary alicyclic amines) is 1. The average molecular weight is 310 g/mol. The predicted molar refractivity (Wildman–Crippen MR) is 82.4 cm³/mol. The summed E-state index contributed by atoms with van der Waals surface area (Å²) in [5.74, 6) is 0. The van der Waals surface area contributed by atoms with E-state index in [1.165, 1.54) is 48.9 Å². The summed E-state index contributed by atoms with van der Waals surface area (Å²) >= 11 is 3.68. The summed E-state index contributed by atoms with van der Waals surface area (Å²) in [6.45, 7) is 6.76. The van der Waals surface area contributed by atoms with E-state index in [2.05, 4.69) is 52.9 Å². The molecular formula is C16H24BrN. The molecule has 2 heteroatoms. The SMILES string of the molecule is Cc1ccc(CN2CCCCCC2CBr)cc1C. The van der Waals surface area contributed by atoms with Crippen LogP contribution in [0.4, 0.5) is 0 Å². The Hall–Kier alpha value is -0.340. The number of aryl methyl sites for hydroxylation is 2. The van der Waals surface area contributed by atoms with Crippen LogP contribution in [0.1, 0.15) is 42.4 Å². The fourth-order valence-corrected chi connectivity index (χ4v) is 3.49. The maximum Gasteiger partial charge on any atom is 0.0237 e. The molecule has 1 atom stereocenters. The summed E-state index contributed by atoms with van der Waals surface area (Å²) in [7, 11) is 0. The van der Waals surface area contributed by atoms with Crippen LogP contribution in [0.25, 0.3) is 0 Å². The first kappa shape index (κ1) is 14.1. The normalized spacial score (nSPS) is 21.8. The number of benzene rings is 1. The molecule has 0 spiro atoms. The van der Waals surface area contributed by atoms with Crippen molar-refractivity contribution >= 4 is 15.9 Å². The molecule has 1 nitrogen and oxygen atoms in total. The minimum absolute atomic E-state index is 0.717. The van der Waals surface area contributed by atoms with Crippen LogP contribution in [-0.4, -0.2) is 22.8 Å². The van der Waals surface area contributed by atoms with Crippen LogP contribution in [0.3, 0.4) is 0 Å². The Morgan fingerprint density at radius 2 is 2.00 bits per heavy atom. The van der Waals surface area contributed by atoms with E-state index in [-0.39, 0.29) is 0 Å². The first-order valence-electron chi connectivity index (χ1n) is 7.07. The molecule has 0 aromatic heterocycles. The van der Waals surface area contributed by atoms with E-state index < -0.39 is 0 Å². The summed E-state index contributed by atoms with van der Waals surface area (Å²) in [5.41, 5.74) is 4.27. The van der Waals surface area contributed by atoms with Gasteiger partial charge in [-0.1, -0.05) is 47.0 Å². The summed E-state index contributed by atoms with van der Waals surface area (Å²) in [6.07, 6.45) is 5.48. The molecule has 0 aliphatic carbocycles. The van der Waals surface area contributed by atoms with Crippen LogP contribution in [0, 0.1) is 13.8 Å². The summed E-state index contributed by atoms with van der Waals surface area (Å²) in [4.78, 5) is 2.66. The van der Waals surface area contributed by atoms with Crippen molar-refractivity contribution in [3.63, 3.8) is 0 Å². The average Bonchev–Trinajstić information content (AvgIpc) is 2.59. The fourth-order valence-electron chi connectivity index (χ4n) is 2.76. The molecule has 2 rings (SSSR count). The Labute approximate surface area is 120 Å². The second kappa shape index (κ2) is 6.72. The molecule has 1 aromatic rings. The lowest BCUT2D eigenvalue weighted by Crippen LogP contribution is -2.35. The van der Waals surface area contributed by atoms with Crippen LogP contribution >= 0.6 is 15.9 Å². The van der Waals surface area contributed by atoms with Crippen LogP contribution < -0.4 is 0 Å². The van der Waals surface area contributed by atoms with E-state index in [1.807, 2.05) is 0 Å². The lowest BCUT2D eigenvalue weighted by atomic mass is 10.1. The molecule has 0 bridgehead atoms. The Morgan fingerprint density at radius 1 is 1.17 bits per heavy atom. The molecule has 1 fully saturated rings. The van der Waals surface area contributed by atoms with Gasteiger partial charge in [-0.2, -0.15) is 0 Å². The predicted octanol–water partition coefficient (Wildman–Crippen LogP) is 4.44. The molecule has 0 amide bonds. The highest BCUT2D eigenvalue weighted by molar-refractivity contribution is 9.09. The van der Waals surface area contributed by atoms with Crippen molar-refractivity contribution in [3.05, 3.63) is 34.9 Å². The third kappa shape index (κ3) is 3.58. The molecular weight excluding hydrogens is 286 g/mol. The highest BCUT2D eigenvalue weighted by atomic mass is 79.9. The molecule has 1 saturated heterocycles. The zero-order valence-electron chi connectivity index (χ0n) is 11.6. The molecule has 1 heterocycles. The Bertz CT molecular complexity index is 389. The van der Waals surface area contributed by atoms with Gasteiger partial charge in [-0.25, -0.2) is 0 Å². The van der Waals surface area contributed by atoms with E-state index in [4.69, 9.17) is 0 Å². The van der Waals surface area contributed by atoms with Gasteiger partial charge < -0.3 is 0 Å². The highest BCUT2D eigenvalue weighted by Gasteiger charge is 2.19. The van der Waals surface area contributed by atoms with Crippen LogP contribution in [0.2, 0.25) is 0 Å². The number of alkyl halides is 1. The number of halogens is 1. The molecule has 1 aliphatic rings. The lowest BCUT2D eigenvalue weighted by molar-refractivity contribution is 0.209. The van der Waals surface area contributed by atoms with Crippen molar-refractivity contribution in [1.82, 2.24) is 4.90 Å². The quantitative estimate of drug-likeness (QED) is 0.746. The maximum atomic E-state index is 3.68. The van der Waals surface area contributed by atoms with Crippen LogP contribution in [0.15, 0.2) is 18.2 Å². The van der Waals surface area contributed by atoms with E-state index >= 15 is 0 Å². The minimum atomic E-state index is 0.717. The van der Waals surface area contributed by atoms with Gasteiger partial charge in [-0.05, 0) is 49.9 Å². The second-order valence-corrected chi connectivity index (χ2v) is 6.19. The van der Waals surface area contributed by atoms with Gasteiger partial charge in [0.15, 0.2) is 0 Å². The van der Waals surface area contributed by atoms with Crippen molar-refractivity contribution < 1.29 is 0 Å². The van der Waals surface area contributed by atoms with E-state index in [9.17, 15) is 0 Å². The zero-order chi connectivity index (χ0) is 13.0. The van der Waals surface area contributed by atoms with Gasteiger partial charge in [0.1, 0.15) is 0 Å². The van der Waals surface area contributed by atoms with E-state index in [1.54, 1.807) is 0 Å². The smallest absolute Gasteiger partial charge is 0.0237 e. The largest absolute Gasteiger partial charge is 0.295 e. The summed E-state index contributed by atoms with van der Waals surface area (Å²) < 4.78 is 0. The van der Waals surface area contributed by atoms with Crippen molar-refractivity contribution in [2.24, 2.45) is 0 Å². The zero-order valence-corrected chi connectivity index (χ0v) is 13.2. The van der Waals surface area contributed by atoms with Gasteiger partial charge in [0.05, 0.1) is 0 Å². The third-order valence-corrected chi connectivity index (χ3v) is 4.88. The van der Waals surface area contributed by atoms with Crippen molar-refractivity contribution in [2.45, 2.75) is 52.1 Å². The molecule has 18 heavy (non-hydrogen) atoms. The molecule has 100 valence electrons. The van der Waals surface area contributed by atoms with Crippen molar-refractivity contribution in [1.29, 1.82) is 0 Å². The van der Waals surface area contributed by atoms with Gasteiger partial charge in [-0.15, -0.1) is 0 Å². The summed E-state index contributed by atoms with van der Waals surface area (Å²) in [6, 6.07) is 7.62. The topological polar surface area (TPSA) is 3.24 Å². The van der Waals surface area contributed by atoms with Crippen LogP contribution in [0.5, 0.6) is 0 Å². The Balaban J connectivity index is 2.07. The minimum Gasteiger partial charge on any atom is -0.295 e. The van der Waals surface area contributed by atoms with Gasteiger partial charge >= 0.3 is 0 Å². The first-order chi connectivity index (χ1) is 8.70.